The number of anilines is 1. The number of aromatic nitrogens is 1. The van der Waals surface area contributed by atoms with Crippen LogP contribution in [0.4, 0.5) is 17.1 Å². The van der Waals surface area contributed by atoms with Gasteiger partial charge in [0.2, 0.25) is 0 Å². The minimum Gasteiger partial charge on any atom is -0.494 e. The monoisotopic (exact) mass is 398 g/mol. The molecule has 1 heterocycles. The number of carbonyl (C=O) groups is 1. The van der Waals surface area contributed by atoms with E-state index >= 15 is 0 Å². The summed E-state index contributed by atoms with van der Waals surface area (Å²) in [5.41, 5.74) is 0.181. The molecule has 0 saturated heterocycles. The molecule has 3 aromatic rings. The fourth-order valence-electron chi connectivity index (χ4n) is 2.63. The molecule has 0 unspecified atom stereocenters. The lowest BCUT2D eigenvalue weighted by Gasteiger charge is -2.11. The first-order valence-electron chi connectivity index (χ1n) is 8.18. The third-order valence-corrected chi connectivity index (χ3v) is 3.94. The van der Waals surface area contributed by atoms with Crippen LogP contribution in [0.1, 0.15) is 0 Å². The molecule has 2 aromatic carbocycles. The zero-order valence-corrected chi connectivity index (χ0v) is 15.0. The van der Waals surface area contributed by atoms with Crippen LogP contribution in [0.15, 0.2) is 48.7 Å². The quantitative estimate of drug-likeness (QED) is 0.472. The highest BCUT2D eigenvalue weighted by Crippen LogP contribution is 2.32. The maximum absolute atomic E-state index is 12.2. The van der Waals surface area contributed by atoms with Crippen molar-refractivity contribution >= 4 is 33.9 Å². The van der Waals surface area contributed by atoms with Crippen molar-refractivity contribution in [2.24, 2.45) is 0 Å². The summed E-state index contributed by atoms with van der Waals surface area (Å²) in [7, 11) is 1.32. The number of nitro groups is 2. The minimum absolute atomic E-state index is 0.120. The number of nitrogens with one attached hydrogen (secondary N) is 1. The molecule has 29 heavy (non-hydrogen) atoms. The molecular formula is C18H14N4O7. The van der Waals surface area contributed by atoms with E-state index in [1.807, 2.05) is 0 Å². The number of rotatable bonds is 7. The molecule has 0 spiro atoms. The van der Waals surface area contributed by atoms with Gasteiger partial charge in [0, 0.05) is 18.3 Å². The van der Waals surface area contributed by atoms with E-state index in [0.717, 1.165) is 0 Å². The number of non-ortho nitro benzene ring substituents is 2. The summed E-state index contributed by atoms with van der Waals surface area (Å²) in [5.74, 6) is -0.230. The number of amides is 1. The van der Waals surface area contributed by atoms with Crippen LogP contribution < -0.4 is 14.8 Å². The van der Waals surface area contributed by atoms with Gasteiger partial charge in [0.15, 0.2) is 6.61 Å². The van der Waals surface area contributed by atoms with Crippen molar-refractivity contribution in [3.05, 3.63) is 68.9 Å². The number of fused-ring (bicyclic) bond motifs is 1. The standard InChI is InChI=1S/C18H14N4O7/c1-28-16-9-11(21(24)25)4-5-13(16)20-17(23)10-29-15-7-6-14(22(26)27)12-3-2-8-19-18(12)15/h2-9H,10H2,1H3,(H,20,23). The number of methoxy groups -OCH3 is 1. The number of hydrogen-bond acceptors (Lipinski definition) is 8. The van der Waals surface area contributed by atoms with Gasteiger partial charge in [0.25, 0.3) is 17.3 Å². The summed E-state index contributed by atoms with van der Waals surface area (Å²) < 4.78 is 10.5. The summed E-state index contributed by atoms with van der Waals surface area (Å²) in [6.45, 7) is -0.413. The number of pyridine rings is 1. The molecule has 11 nitrogen and oxygen atoms in total. The highest BCUT2D eigenvalue weighted by molar-refractivity contribution is 5.95. The van der Waals surface area contributed by atoms with Gasteiger partial charge < -0.3 is 14.8 Å². The number of ether oxygens (including phenoxy) is 2. The van der Waals surface area contributed by atoms with E-state index in [9.17, 15) is 25.0 Å². The Hall–Kier alpha value is -4.28. The minimum atomic E-state index is -0.579. The first-order valence-corrected chi connectivity index (χ1v) is 8.18. The van der Waals surface area contributed by atoms with E-state index < -0.39 is 22.4 Å². The summed E-state index contributed by atoms with van der Waals surface area (Å²) in [5, 5.41) is 24.8. The Labute approximate surface area is 163 Å². The molecular weight excluding hydrogens is 384 g/mol. The van der Waals surface area contributed by atoms with Crippen LogP contribution >= 0.6 is 0 Å². The lowest BCUT2D eigenvalue weighted by molar-refractivity contribution is -0.384. The number of benzene rings is 2. The molecule has 0 aliphatic rings. The number of nitrogens with zero attached hydrogens (tertiary/aromatic N) is 3. The predicted octanol–water partition coefficient (Wildman–Crippen LogP) is 3.08. The average Bonchev–Trinajstić information content (AvgIpc) is 2.71. The Kier molecular flexibility index (Phi) is 5.49. The summed E-state index contributed by atoms with van der Waals surface area (Å²) in [6.07, 6.45) is 1.46. The Morgan fingerprint density at radius 1 is 1.10 bits per heavy atom. The van der Waals surface area contributed by atoms with Crippen molar-refractivity contribution < 1.29 is 24.1 Å². The molecule has 0 radical (unpaired) electrons. The van der Waals surface area contributed by atoms with E-state index in [-0.39, 0.29) is 39.5 Å². The van der Waals surface area contributed by atoms with Crippen LogP contribution in [0.3, 0.4) is 0 Å². The molecule has 11 heteroatoms. The van der Waals surface area contributed by atoms with Crippen LogP contribution in [0.25, 0.3) is 10.9 Å². The van der Waals surface area contributed by atoms with Gasteiger partial charge >= 0.3 is 0 Å². The molecule has 0 aliphatic carbocycles. The van der Waals surface area contributed by atoms with Gasteiger partial charge in [-0.1, -0.05) is 0 Å². The molecule has 0 aliphatic heterocycles. The van der Waals surface area contributed by atoms with E-state index in [1.54, 1.807) is 6.07 Å². The summed E-state index contributed by atoms with van der Waals surface area (Å²) in [4.78, 5) is 37.2. The largest absolute Gasteiger partial charge is 0.494 e. The normalized spacial score (nSPS) is 10.4. The fraction of sp³-hybridized carbons (Fsp3) is 0.111. The zero-order chi connectivity index (χ0) is 21.0. The average molecular weight is 398 g/mol. The van der Waals surface area contributed by atoms with Crippen LogP contribution in [-0.2, 0) is 4.79 Å². The second-order valence-corrected chi connectivity index (χ2v) is 5.72. The van der Waals surface area contributed by atoms with Gasteiger partial charge in [-0.2, -0.15) is 0 Å². The molecule has 0 atom stereocenters. The van der Waals surface area contributed by atoms with Gasteiger partial charge in [-0.05, 0) is 24.3 Å². The first kappa shape index (κ1) is 19.5. The summed E-state index contributed by atoms with van der Waals surface area (Å²) >= 11 is 0. The van der Waals surface area contributed by atoms with Crippen LogP contribution in [0.5, 0.6) is 11.5 Å². The van der Waals surface area contributed by atoms with Gasteiger partial charge in [-0.25, -0.2) is 0 Å². The lowest BCUT2D eigenvalue weighted by Crippen LogP contribution is -2.20. The lowest BCUT2D eigenvalue weighted by atomic mass is 10.1. The fourth-order valence-corrected chi connectivity index (χ4v) is 2.63. The van der Waals surface area contributed by atoms with E-state index in [1.165, 1.54) is 49.7 Å². The van der Waals surface area contributed by atoms with Crippen molar-refractivity contribution in [3.63, 3.8) is 0 Å². The number of nitro benzene ring substituents is 2. The molecule has 1 aromatic heterocycles. The molecule has 0 bridgehead atoms. The van der Waals surface area contributed by atoms with Crippen molar-refractivity contribution in [1.29, 1.82) is 0 Å². The van der Waals surface area contributed by atoms with Crippen molar-refractivity contribution in [3.8, 4) is 11.5 Å². The SMILES string of the molecule is COc1cc([N+](=O)[O-])ccc1NC(=O)COc1ccc([N+](=O)[O-])c2cccnc12. The molecule has 0 fully saturated rings. The van der Waals surface area contributed by atoms with Gasteiger partial charge in [-0.15, -0.1) is 0 Å². The predicted molar refractivity (Wildman–Crippen MR) is 102 cm³/mol. The highest BCUT2D eigenvalue weighted by atomic mass is 16.6. The van der Waals surface area contributed by atoms with E-state index in [0.29, 0.717) is 0 Å². The second kappa shape index (κ2) is 8.17. The zero-order valence-electron chi connectivity index (χ0n) is 15.0. The number of hydrogen-bond donors (Lipinski definition) is 1. The molecule has 148 valence electrons. The van der Waals surface area contributed by atoms with Gasteiger partial charge in [0.1, 0.15) is 17.0 Å². The van der Waals surface area contributed by atoms with Gasteiger partial charge in [-0.3, -0.25) is 30.0 Å². The van der Waals surface area contributed by atoms with Crippen molar-refractivity contribution in [2.45, 2.75) is 0 Å². The van der Waals surface area contributed by atoms with Crippen molar-refractivity contribution in [1.82, 2.24) is 4.98 Å². The maximum atomic E-state index is 12.2. The third-order valence-electron chi connectivity index (χ3n) is 3.94. The van der Waals surface area contributed by atoms with E-state index in [4.69, 9.17) is 9.47 Å². The molecule has 3 rings (SSSR count). The number of carbonyl (C=O) groups excluding carboxylic acids is 1. The topological polar surface area (TPSA) is 147 Å². The second-order valence-electron chi connectivity index (χ2n) is 5.72. The maximum Gasteiger partial charge on any atom is 0.279 e. The van der Waals surface area contributed by atoms with Crippen LogP contribution in [0, 0.1) is 20.2 Å². The third kappa shape index (κ3) is 4.18. The smallest absolute Gasteiger partial charge is 0.279 e. The summed E-state index contributed by atoms with van der Waals surface area (Å²) in [6, 6.07) is 9.50. The van der Waals surface area contributed by atoms with Crippen molar-refractivity contribution in [2.75, 3.05) is 19.0 Å². The van der Waals surface area contributed by atoms with E-state index in [2.05, 4.69) is 10.3 Å². The Bertz CT molecular complexity index is 1120. The highest BCUT2D eigenvalue weighted by Gasteiger charge is 2.17. The van der Waals surface area contributed by atoms with Crippen LogP contribution in [0.2, 0.25) is 0 Å². The Balaban J connectivity index is 1.76. The molecule has 1 amide bonds. The Morgan fingerprint density at radius 2 is 1.90 bits per heavy atom. The first-order chi connectivity index (χ1) is 13.9. The molecule has 1 N–H and O–H groups in total. The van der Waals surface area contributed by atoms with Gasteiger partial charge in [0.05, 0.1) is 34.1 Å². The van der Waals surface area contributed by atoms with Crippen LogP contribution in [-0.4, -0.2) is 34.5 Å². The molecule has 0 saturated carbocycles. The Morgan fingerprint density at radius 3 is 2.59 bits per heavy atom.